The first-order valence-corrected chi connectivity index (χ1v) is 10.2. The zero-order chi connectivity index (χ0) is 21.5. The Labute approximate surface area is 181 Å². The molecule has 0 aliphatic rings. The Morgan fingerprint density at radius 1 is 0.452 bits per heavy atom. The summed E-state index contributed by atoms with van der Waals surface area (Å²) in [7, 11) is 0. The third kappa shape index (κ3) is 5.55. The normalized spacial score (nSPS) is 10.5. The fourth-order valence-electron chi connectivity index (χ4n) is 3.38. The van der Waals surface area contributed by atoms with Crippen molar-refractivity contribution in [3.8, 4) is 0 Å². The van der Waals surface area contributed by atoms with Crippen molar-refractivity contribution in [2.75, 3.05) is 0 Å². The molecule has 3 heteroatoms. The van der Waals surface area contributed by atoms with Gasteiger partial charge in [0.25, 0.3) is 0 Å². The van der Waals surface area contributed by atoms with Crippen molar-refractivity contribution in [1.82, 2.24) is 0 Å². The number of carbonyl (C=O) groups excluding carboxylic acids is 2. The molecular formula is C28H22O3. The van der Waals surface area contributed by atoms with Crippen LogP contribution in [-0.4, -0.2) is 11.9 Å². The maximum absolute atomic E-state index is 12.4. The van der Waals surface area contributed by atoms with E-state index in [1.165, 1.54) is 11.1 Å². The average Bonchev–Trinajstić information content (AvgIpc) is 2.81. The van der Waals surface area contributed by atoms with Gasteiger partial charge in [-0.05, 0) is 59.4 Å². The molecule has 0 N–H and O–H groups in total. The van der Waals surface area contributed by atoms with Gasteiger partial charge in [-0.3, -0.25) is 0 Å². The molecule has 0 aliphatic carbocycles. The Morgan fingerprint density at radius 2 is 0.774 bits per heavy atom. The zero-order valence-electron chi connectivity index (χ0n) is 17.0. The lowest BCUT2D eigenvalue weighted by Gasteiger charge is -2.06. The van der Waals surface area contributed by atoms with Gasteiger partial charge in [0, 0.05) is 0 Å². The molecule has 0 amide bonds. The van der Waals surface area contributed by atoms with E-state index in [0.29, 0.717) is 11.1 Å². The second kappa shape index (κ2) is 9.68. The van der Waals surface area contributed by atoms with Crippen LogP contribution in [0.1, 0.15) is 43.0 Å². The van der Waals surface area contributed by atoms with Crippen molar-refractivity contribution in [3.05, 3.63) is 143 Å². The first kappa shape index (κ1) is 20.3. The minimum Gasteiger partial charge on any atom is -0.386 e. The van der Waals surface area contributed by atoms with E-state index in [4.69, 9.17) is 4.74 Å². The summed E-state index contributed by atoms with van der Waals surface area (Å²) in [5.74, 6) is -1.30. The van der Waals surface area contributed by atoms with Gasteiger partial charge >= 0.3 is 11.9 Å². The van der Waals surface area contributed by atoms with Crippen molar-refractivity contribution >= 4 is 11.9 Å². The summed E-state index contributed by atoms with van der Waals surface area (Å²) in [4.78, 5) is 24.7. The predicted octanol–water partition coefficient (Wildman–Crippen LogP) is 5.87. The molecule has 4 aromatic carbocycles. The van der Waals surface area contributed by atoms with Gasteiger partial charge in [-0.2, -0.15) is 0 Å². The monoisotopic (exact) mass is 406 g/mol. The van der Waals surface area contributed by atoms with Gasteiger partial charge in [0.1, 0.15) is 0 Å². The molecule has 0 unspecified atom stereocenters. The summed E-state index contributed by atoms with van der Waals surface area (Å²) in [6, 6.07) is 34.5. The first-order valence-electron chi connectivity index (χ1n) is 10.2. The number of ether oxygens (including phenoxy) is 1. The number of hydrogen-bond acceptors (Lipinski definition) is 3. The van der Waals surface area contributed by atoms with Crippen molar-refractivity contribution < 1.29 is 14.3 Å². The van der Waals surface area contributed by atoms with E-state index >= 15 is 0 Å². The maximum atomic E-state index is 12.4. The van der Waals surface area contributed by atoms with Crippen molar-refractivity contribution in [2.45, 2.75) is 12.8 Å². The highest BCUT2D eigenvalue weighted by molar-refractivity contribution is 6.02. The fourth-order valence-corrected chi connectivity index (χ4v) is 3.38. The van der Waals surface area contributed by atoms with Crippen molar-refractivity contribution in [1.29, 1.82) is 0 Å². The number of carbonyl (C=O) groups is 2. The molecule has 0 spiro atoms. The molecule has 0 heterocycles. The van der Waals surface area contributed by atoms with Crippen LogP contribution in [0.5, 0.6) is 0 Å². The van der Waals surface area contributed by atoms with Gasteiger partial charge in [0.2, 0.25) is 0 Å². The topological polar surface area (TPSA) is 43.4 Å². The van der Waals surface area contributed by atoms with E-state index in [1.54, 1.807) is 24.3 Å². The van der Waals surface area contributed by atoms with Gasteiger partial charge in [0.15, 0.2) is 0 Å². The molecule has 0 saturated carbocycles. The van der Waals surface area contributed by atoms with E-state index in [1.807, 2.05) is 60.7 Å². The lowest BCUT2D eigenvalue weighted by atomic mass is 10.0. The van der Waals surface area contributed by atoms with Gasteiger partial charge in [-0.1, -0.05) is 84.9 Å². The average molecular weight is 406 g/mol. The smallest absolute Gasteiger partial charge is 0.346 e. The van der Waals surface area contributed by atoms with Crippen LogP contribution in [0.15, 0.2) is 109 Å². The van der Waals surface area contributed by atoms with Crippen LogP contribution in [0.25, 0.3) is 0 Å². The zero-order valence-corrected chi connectivity index (χ0v) is 17.0. The van der Waals surface area contributed by atoms with Crippen LogP contribution in [-0.2, 0) is 17.6 Å². The van der Waals surface area contributed by atoms with Crippen LogP contribution in [0.2, 0.25) is 0 Å². The third-order valence-corrected chi connectivity index (χ3v) is 5.07. The largest absolute Gasteiger partial charge is 0.386 e. The third-order valence-electron chi connectivity index (χ3n) is 5.07. The van der Waals surface area contributed by atoms with Gasteiger partial charge in [-0.25, -0.2) is 9.59 Å². The summed E-state index contributed by atoms with van der Waals surface area (Å²) < 4.78 is 5.06. The summed E-state index contributed by atoms with van der Waals surface area (Å²) in [5, 5.41) is 0. The molecular weight excluding hydrogens is 384 g/mol. The van der Waals surface area contributed by atoms with Crippen LogP contribution in [0.3, 0.4) is 0 Å². The Bertz CT molecular complexity index is 1050. The number of rotatable bonds is 6. The number of hydrogen-bond donors (Lipinski definition) is 0. The van der Waals surface area contributed by atoms with Gasteiger partial charge in [0.05, 0.1) is 11.1 Å². The summed E-state index contributed by atoms with van der Waals surface area (Å²) in [6.45, 7) is 0. The molecule has 0 radical (unpaired) electrons. The van der Waals surface area contributed by atoms with E-state index in [-0.39, 0.29) is 0 Å². The first-order chi connectivity index (χ1) is 15.2. The second-order valence-electron chi connectivity index (χ2n) is 7.40. The highest BCUT2D eigenvalue weighted by Crippen LogP contribution is 2.14. The van der Waals surface area contributed by atoms with Gasteiger partial charge in [-0.15, -0.1) is 0 Å². The van der Waals surface area contributed by atoms with E-state index < -0.39 is 11.9 Å². The molecule has 4 aromatic rings. The van der Waals surface area contributed by atoms with E-state index in [0.717, 1.165) is 24.0 Å². The van der Waals surface area contributed by atoms with Crippen LogP contribution >= 0.6 is 0 Å². The number of benzene rings is 4. The van der Waals surface area contributed by atoms with Crippen LogP contribution in [0.4, 0.5) is 0 Å². The van der Waals surface area contributed by atoms with E-state index in [2.05, 4.69) is 24.3 Å². The van der Waals surface area contributed by atoms with Crippen LogP contribution in [0, 0.1) is 0 Å². The Hall–Kier alpha value is -3.98. The molecule has 3 nitrogen and oxygen atoms in total. The summed E-state index contributed by atoms with van der Waals surface area (Å²) >= 11 is 0. The molecule has 0 bridgehead atoms. The molecule has 0 fully saturated rings. The highest BCUT2D eigenvalue weighted by atomic mass is 16.6. The molecule has 0 aromatic heterocycles. The lowest BCUT2D eigenvalue weighted by molar-refractivity contribution is 0.0398. The molecule has 0 aliphatic heterocycles. The highest BCUT2D eigenvalue weighted by Gasteiger charge is 2.15. The van der Waals surface area contributed by atoms with E-state index in [9.17, 15) is 9.59 Å². The molecule has 31 heavy (non-hydrogen) atoms. The van der Waals surface area contributed by atoms with Crippen LogP contribution < -0.4 is 0 Å². The molecule has 0 atom stereocenters. The number of esters is 2. The maximum Gasteiger partial charge on any atom is 0.346 e. The standard InChI is InChI=1S/C28H22O3/c29-27(25-15-11-23(12-16-25)19-21-7-3-1-4-8-21)31-28(30)26-17-13-24(14-18-26)20-22-9-5-2-6-10-22/h1-18H,19-20H2. The Balaban J connectivity index is 1.35. The second-order valence-corrected chi connectivity index (χ2v) is 7.40. The minimum atomic E-state index is -0.648. The molecule has 4 rings (SSSR count). The Morgan fingerprint density at radius 3 is 1.13 bits per heavy atom. The van der Waals surface area contributed by atoms with Crippen molar-refractivity contribution in [3.63, 3.8) is 0 Å². The Kier molecular flexibility index (Phi) is 6.34. The van der Waals surface area contributed by atoms with Gasteiger partial charge < -0.3 is 4.74 Å². The summed E-state index contributed by atoms with van der Waals surface area (Å²) in [6.07, 6.45) is 1.56. The molecule has 0 saturated heterocycles. The summed E-state index contributed by atoms with van der Waals surface area (Å²) in [5.41, 5.74) is 5.27. The quantitative estimate of drug-likeness (QED) is 0.297. The van der Waals surface area contributed by atoms with Crippen molar-refractivity contribution in [2.24, 2.45) is 0 Å². The fraction of sp³-hybridized carbons (Fsp3) is 0.0714. The minimum absolute atomic E-state index is 0.353. The lowest BCUT2D eigenvalue weighted by Crippen LogP contribution is -2.13. The molecule has 152 valence electrons. The SMILES string of the molecule is O=C(OC(=O)c1ccc(Cc2ccccc2)cc1)c1ccc(Cc2ccccc2)cc1. The predicted molar refractivity (Wildman–Crippen MR) is 121 cm³/mol.